The van der Waals surface area contributed by atoms with Crippen molar-refractivity contribution in [3.8, 4) is 0 Å². The van der Waals surface area contributed by atoms with Gasteiger partial charge in [0.05, 0.1) is 18.9 Å². The normalized spacial score (nSPS) is 25.7. The van der Waals surface area contributed by atoms with Gasteiger partial charge in [0.25, 0.3) is 11.8 Å². The number of carbonyl (C=O) groups is 2. The lowest BCUT2D eigenvalue weighted by molar-refractivity contribution is -0.126. The molecule has 5 rings (SSSR count). The molecule has 1 N–H and O–H groups in total. The highest BCUT2D eigenvalue weighted by atomic mass is 16.5. The zero-order chi connectivity index (χ0) is 20.9. The Bertz CT molecular complexity index is 1010. The van der Waals surface area contributed by atoms with Crippen molar-refractivity contribution in [1.29, 1.82) is 0 Å². The average molecular weight is 411 g/mol. The van der Waals surface area contributed by atoms with Gasteiger partial charge in [-0.2, -0.15) is 5.10 Å². The summed E-state index contributed by atoms with van der Waals surface area (Å²) in [5, 5.41) is 7.30. The van der Waals surface area contributed by atoms with Gasteiger partial charge in [0.2, 0.25) is 0 Å². The molecule has 2 amide bonds. The summed E-state index contributed by atoms with van der Waals surface area (Å²) in [5.74, 6) is 0.212. The molecule has 3 aliphatic rings. The van der Waals surface area contributed by atoms with Gasteiger partial charge in [-0.3, -0.25) is 19.5 Å². The Hall–Kier alpha value is -2.78. The maximum atomic E-state index is 13.0. The predicted molar refractivity (Wildman–Crippen MR) is 107 cm³/mol. The number of amides is 2. The third-order valence-electron chi connectivity index (χ3n) is 6.21. The fourth-order valence-corrected chi connectivity index (χ4v) is 4.59. The molecule has 2 aromatic heterocycles. The van der Waals surface area contributed by atoms with Crippen LogP contribution < -0.4 is 10.2 Å². The molecule has 1 spiro atoms. The summed E-state index contributed by atoms with van der Waals surface area (Å²) in [6.07, 6.45) is 3.95. The van der Waals surface area contributed by atoms with Crippen LogP contribution in [0.3, 0.4) is 0 Å². The SMILES string of the molecule is Cc1cc2n(n1)CC[C@H](NC(=O)c1cc3c(cn1)COC31CCCOC1)C(=O)N2C. The number of pyridine rings is 1. The molecule has 1 saturated heterocycles. The number of nitrogens with one attached hydrogen (secondary N) is 1. The first-order valence-corrected chi connectivity index (χ1v) is 10.3. The van der Waals surface area contributed by atoms with Gasteiger partial charge in [-0.15, -0.1) is 0 Å². The summed E-state index contributed by atoms with van der Waals surface area (Å²) in [6.45, 7) is 4.14. The van der Waals surface area contributed by atoms with Crippen LogP contribution in [-0.4, -0.2) is 52.9 Å². The van der Waals surface area contributed by atoms with Crippen molar-refractivity contribution in [3.05, 3.63) is 40.8 Å². The van der Waals surface area contributed by atoms with Gasteiger partial charge < -0.3 is 14.8 Å². The van der Waals surface area contributed by atoms with Crippen LogP contribution in [0, 0.1) is 6.92 Å². The number of fused-ring (bicyclic) bond motifs is 3. The molecule has 0 aromatic carbocycles. The number of ether oxygens (including phenoxy) is 2. The largest absolute Gasteiger partial charge is 0.378 e. The standard InChI is InChI=1S/C21H25N5O4/c1-13-8-18-25(2)20(28)16(4-6-26(18)24-13)23-19(27)17-9-15-14(10-22-17)11-30-21(15)5-3-7-29-12-21/h8-10,16H,3-7,11-12H2,1-2H3,(H,23,27)/t16-,21?/m0/s1. The summed E-state index contributed by atoms with van der Waals surface area (Å²) in [4.78, 5) is 31.8. The topological polar surface area (TPSA) is 98.6 Å². The minimum Gasteiger partial charge on any atom is -0.378 e. The second-order valence-electron chi connectivity index (χ2n) is 8.24. The number of anilines is 1. The molecule has 2 aromatic rings. The Morgan fingerprint density at radius 3 is 3.03 bits per heavy atom. The van der Waals surface area contributed by atoms with E-state index < -0.39 is 11.6 Å². The zero-order valence-corrected chi connectivity index (χ0v) is 17.2. The van der Waals surface area contributed by atoms with Crippen molar-refractivity contribution in [3.63, 3.8) is 0 Å². The molecule has 3 aliphatic heterocycles. The minimum absolute atomic E-state index is 0.163. The van der Waals surface area contributed by atoms with Gasteiger partial charge in [-0.05, 0) is 37.8 Å². The van der Waals surface area contributed by atoms with E-state index in [2.05, 4.69) is 15.4 Å². The first-order valence-electron chi connectivity index (χ1n) is 10.3. The van der Waals surface area contributed by atoms with Crippen LogP contribution in [0.4, 0.5) is 5.82 Å². The highest BCUT2D eigenvalue weighted by Gasteiger charge is 2.42. The predicted octanol–water partition coefficient (Wildman–Crippen LogP) is 1.29. The van der Waals surface area contributed by atoms with Gasteiger partial charge >= 0.3 is 0 Å². The van der Waals surface area contributed by atoms with Crippen molar-refractivity contribution < 1.29 is 19.1 Å². The summed E-state index contributed by atoms with van der Waals surface area (Å²) >= 11 is 0. The summed E-state index contributed by atoms with van der Waals surface area (Å²) in [5.41, 5.74) is 2.62. The number of nitrogens with zero attached hydrogens (tertiary/aromatic N) is 4. The molecular weight excluding hydrogens is 386 g/mol. The Kier molecular flexibility index (Phi) is 4.59. The Morgan fingerprint density at radius 2 is 2.23 bits per heavy atom. The van der Waals surface area contributed by atoms with E-state index >= 15 is 0 Å². The third kappa shape index (κ3) is 3.09. The fourth-order valence-electron chi connectivity index (χ4n) is 4.59. The van der Waals surface area contributed by atoms with E-state index in [-0.39, 0.29) is 17.5 Å². The molecule has 9 heteroatoms. The van der Waals surface area contributed by atoms with Crippen LogP contribution in [0.25, 0.3) is 0 Å². The van der Waals surface area contributed by atoms with Crippen molar-refractivity contribution in [2.45, 2.75) is 51.0 Å². The van der Waals surface area contributed by atoms with E-state index in [9.17, 15) is 9.59 Å². The van der Waals surface area contributed by atoms with Crippen LogP contribution in [0.1, 0.15) is 46.6 Å². The maximum Gasteiger partial charge on any atom is 0.270 e. The highest BCUT2D eigenvalue weighted by Crippen LogP contribution is 2.42. The van der Waals surface area contributed by atoms with E-state index in [0.29, 0.717) is 26.2 Å². The van der Waals surface area contributed by atoms with E-state index in [0.717, 1.165) is 42.1 Å². The van der Waals surface area contributed by atoms with Crippen LogP contribution in [0.2, 0.25) is 0 Å². The smallest absolute Gasteiger partial charge is 0.270 e. The molecule has 158 valence electrons. The Labute approximate surface area is 174 Å². The summed E-state index contributed by atoms with van der Waals surface area (Å²) < 4.78 is 13.5. The molecule has 0 aliphatic carbocycles. The van der Waals surface area contributed by atoms with Gasteiger partial charge in [-0.25, -0.2) is 4.68 Å². The van der Waals surface area contributed by atoms with Crippen LogP contribution in [0.5, 0.6) is 0 Å². The lowest BCUT2D eigenvalue weighted by atomic mass is 9.88. The van der Waals surface area contributed by atoms with Crippen molar-refractivity contribution >= 4 is 17.6 Å². The summed E-state index contributed by atoms with van der Waals surface area (Å²) in [6, 6.07) is 3.03. The molecule has 1 fully saturated rings. The molecule has 30 heavy (non-hydrogen) atoms. The third-order valence-corrected chi connectivity index (χ3v) is 6.21. The van der Waals surface area contributed by atoms with Crippen molar-refractivity contribution in [1.82, 2.24) is 20.1 Å². The number of aromatic nitrogens is 3. The average Bonchev–Trinajstić information content (AvgIpc) is 3.27. The lowest BCUT2D eigenvalue weighted by Crippen LogP contribution is -2.47. The molecule has 0 saturated carbocycles. The van der Waals surface area contributed by atoms with Crippen LogP contribution in [0.15, 0.2) is 18.3 Å². The van der Waals surface area contributed by atoms with E-state index in [4.69, 9.17) is 9.47 Å². The molecule has 5 heterocycles. The molecular formula is C21H25N5O4. The molecule has 0 bridgehead atoms. The van der Waals surface area contributed by atoms with Gasteiger partial charge in [-0.1, -0.05) is 0 Å². The van der Waals surface area contributed by atoms with Crippen molar-refractivity contribution in [2.24, 2.45) is 0 Å². The first kappa shape index (κ1) is 19.2. The van der Waals surface area contributed by atoms with E-state index in [1.54, 1.807) is 28.9 Å². The molecule has 0 radical (unpaired) electrons. The number of hydrogen-bond acceptors (Lipinski definition) is 6. The second-order valence-corrected chi connectivity index (χ2v) is 8.24. The number of aryl methyl sites for hydroxylation is 2. The molecule has 2 atom stereocenters. The maximum absolute atomic E-state index is 13.0. The second kappa shape index (κ2) is 7.17. The van der Waals surface area contributed by atoms with E-state index in [1.165, 1.54) is 0 Å². The van der Waals surface area contributed by atoms with E-state index in [1.807, 2.05) is 13.0 Å². The zero-order valence-electron chi connectivity index (χ0n) is 17.2. The van der Waals surface area contributed by atoms with Crippen LogP contribution in [-0.2, 0) is 33.0 Å². The fraction of sp³-hybridized carbons (Fsp3) is 0.524. The number of hydrogen-bond donors (Lipinski definition) is 1. The first-order chi connectivity index (χ1) is 14.5. The minimum atomic E-state index is -0.636. The van der Waals surface area contributed by atoms with Gasteiger partial charge in [0.15, 0.2) is 0 Å². The van der Waals surface area contributed by atoms with Crippen LogP contribution >= 0.6 is 0 Å². The number of rotatable bonds is 2. The number of likely N-dealkylation sites (N-methyl/N-ethyl adjacent to an activating group) is 1. The molecule has 9 nitrogen and oxygen atoms in total. The highest BCUT2D eigenvalue weighted by molar-refractivity contribution is 6.01. The quantitative estimate of drug-likeness (QED) is 0.800. The van der Waals surface area contributed by atoms with Gasteiger partial charge in [0, 0.05) is 38.0 Å². The lowest BCUT2D eigenvalue weighted by Gasteiger charge is -2.33. The Morgan fingerprint density at radius 1 is 1.37 bits per heavy atom. The number of carbonyl (C=O) groups excluding carboxylic acids is 2. The monoisotopic (exact) mass is 411 g/mol. The van der Waals surface area contributed by atoms with Crippen molar-refractivity contribution in [2.75, 3.05) is 25.2 Å². The van der Waals surface area contributed by atoms with Gasteiger partial charge in [0.1, 0.15) is 23.2 Å². The molecule has 1 unspecified atom stereocenters. The summed E-state index contributed by atoms with van der Waals surface area (Å²) in [7, 11) is 1.71. The Balaban J connectivity index is 1.36.